The fourth-order valence-electron chi connectivity index (χ4n) is 2.39. The second kappa shape index (κ2) is 6.05. The Morgan fingerprint density at radius 2 is 1.14 bits per heavy atom. The summed E-state index contributed by atoms with van der Waals surface area (Å²) in [5.41, 5.74) is 0. The third-order valence-electron chi connectivity index (χ3n) is 2.86. The zero-order chi connectivity index (χ0) is 10.6. The van der Waals surface area contributed by atoms with Crippen LogP contribution in [0.2, 0.25) is 26.2 Å². The van der Waals surface area contributed by atoms with Gasteiger partial charge in [-0.25, -0.2) is 0 Å². The van der Waals surface area contributed by atoms with Crippen molar-refractivity contribution < 1.29 is 0 Å². The lowest BCUT2D eigenvalue weighted by atomic mass is 9.92. The standard InChI is InChI=1S/C10H26N2Si2/c1-13(2)11-9-7-5-6-8-10(9)12-14(3)4/h9-14H,5-8H2,1-4H3/t9-,10-/m1/s1. The quantitative estimate of drug-likeness (QED) is 0.714. The average molecular weight is 231 g/mol. The summed E-state index contributed by atoms with van der Waals surface area (Å²) in [6.45, 7) is 9.55. The molecular weight excluding hydrogens is 204 g/mol. The molecule has 0 bridgehead atoms. The highest BCUT2D eigenvalue weighted by molar-refractivity contribution is 6.53. The number of hydrogen-bond acceptors (Lipinski definition) is 2. The molecule has 0 unspecified atom stereocenters. The topological polar surface area (TPSA) is 24.1 Å². The lowest BCUT2D eigenvalue weighted by Crippen LogP contribution is -2.55. The minimum atomic E-state index is -0.602. The van der Waals surface area contributed by atoms with E-state index in [1.165, 1.54) is 25.7 Å². The minimum Gasteiger partial charge on any atom is -0.336 e. The molecule has 0 aromatic carbocycles. The van der Waals surface area contributed by atoms with Gasteiger partial charge in [-0.1, -0.05) is 39.0 Å². The first-order valence-corrected chi connectivity index (χ1v) is 11.9. The highest BCUT2D eigenvalue weighted by atomic mass is 28.3. The zero-order valence-corrected chi connectivity index (χ0v) is 12.4. The first-order chi connectivity index (χ1) is 6.59. The van der Waals surface area contributed by atoms with E-state index in [0.29, 0.717) is 0 Å². The number of rotatable bonds is 4. The van der Waals surface area contributed by atoms with Crippen LogP contribution in [0.1, 0.15) is 25.7 Å². The molecule has 1 aliphatic carbocycles. The van der Waals surface area contributed by atoms with E-state index in [1.54, 1.807) is 0 Å². The maximum Gasteiger partial charge on any atom is 0.102 e. The Morgan fingerprint density at radius 3 is 1.43 bits per heavy atom. The molecule has 0 radical (unpaired) electrons. The number of hydrogen-bond donors (Lipinski definition) is 2. The Balaban J connectivity index is 2.41. The van der Waals surface area contributed by atoms with E-state index in [4.69, 9.17) is 0 Å². The van der Waals surface area contributed by atoms with E-state index in [2.05, 4.69) is 36.2 Å². The maximum absolute atomic E-state index is 3.84. The van der Waals surface area contributed by atoms with Crippen molar-refractivity contribution in [2.24, 2.45) is 0 Å². The maximum atomic E-state index is 3.84. The molecule has 2 atom stereocenters. The molecule has 1 aliphatic rings. The van der Waals surface area contributed by atoms with E-state index in [9.17, 15) is 0 Å². The second-order valence-electron chi connectivity index (χ2n) is 5.14. The van der Waals surface area contributed by atoms with Gasteiger partial charge in [0, 0.05) is 12.1 Å². The van der Waals surface area contributed by atoms with Crippen LogP contribution in [0.25, 0.3) is 0 Å². The van der Waals surface area contributed by atoms with Crippen LogP contribution in [0.4, 0.5) is 0 Å². The largest absolute Gasteiger partial charge is 0.336 e. The Kier molecular flexibility index (Phi) is 5.37. The van der Waals surface area contributed by atoms with Crippen LogP contribution in [0.15, 0.2) is 0 Å². The van der Waals surface area contributed by atoms with E-state index < -0.39 is 17.9 Å². The summed E-state index contributed by atoms with van der Waals surface area (Å²) in [6.07, 6.45) is 5.64. The van der Waals surface area contributed by atoms with Gasteiger partial charge in [0.2, 0.25) is 0 Å². The molecule has 0 heterocycles. The molecule has 0 saturated heterocycles. The van der Waals surface area contributed by atoms with Gasteiger partial charge in [0.05, 0.1) is 0 Å². The molecule has 0 aromatic rings. The van der Waals surface area contributed by atoms with Crippen LogP contribution >= 0.6 is 0 Å². The van der Waals surface area contributed by atoms with Crippen molar-refractivity contribution in [2.45, 2.75) is 64.0 Å². The molecule has 4 heteroatoms. The fraction of sp³-hybridized carbons (Fsp3) is 1.00. The van der Waals surface area contributed by atoms with Crippen LogP contribution < -0.4 is 9.96 Å². The molecule has 14 heavy (non-hydrogen) atoms. The van der Waals surface area contributed by atoms with Gasteiger partial charge in [-0.3, -0.25) is 0 Å². The van der Waals surface area contributed by atoms with Crippen LogP contribution in [-0.2, 0) is 0 Å². The van der Waals surface area contributed by atoms with Crippen molar-refractivity contribution in [3.8, 4) is 0 Å². The monoisotopic (exact) mass is 230 g/mol. The summed E-state index contributed by atoms with van der Waals surface area (Å²) in [6, 6.07) is 1.57. The molecule has 0 aliphatic heterocycles. The van der Waals surface area contributed by atoms with E-state index in [-0.39, 0.29) is 0 Å². The highest BCUT2D eigenvalue weighted by Gasteiger charge is 2.25. The molecule has 84 valence electrons. The van der Waals surface area contributed by atoms with Gasteiger partial charge in [-0.15, -0.1) is 0 Å². The Bertz CT molecular complexity index is 144. The van der Waals surface area contributed by atoms with Gasteiger partial charge in [0.15, 0.2) is 0 Å². The summed E-state index contributed by atoms with van der Waals surface area (Å²) in [4.78, 5) is 7.67. The van der Waals surface area contributed by atoms with Crippen molar-refractivity contribution in [1.29, 1.82) is 0 Å². The van der Waals surface area contributed by atoms with Crippen molar-refractivity contribution in [1.82, 2.24) is 9.96 Å². The smallest absolute Gasteiger partial charge is 0.102 e. The summed E-state index contributed by atoms with van der Waals surface area (Å²) in [5.74, 6) is 0. The van der Waals surface area contributed by atoms with E-state index in [0.717, 1.165) is 12.1 Å². The summed E-state index contributed by atoms with van der Waals surface area (Å²) in [5, 5.41) is 0. The molecule has 1 fully saturated rings. The van der Waals surface area contributed by atoms with Crippen molar-refractivity contribution in [3.05, 3.63) is 0 Å². The van der Waals surface area contributed by atoms with Gasteiger partial charge in [0.25, 0.3) is 0 Å². The van der Waals surface area contributed by atoms with Gasteiger partial charge in [-0.05, 0) is 12.8 Å². The second-order valence-corrected chi connectivity index (χ2v) is 10.4. The van der Waals surface area contributed by atoms with E-state index in [1.807, 2.05) is 0 Å². The normalized spacial score (nSPS) is 28.7. The first kappa shape index (κ1) is 12.4. The summed E-state index contributed by atoms with van der Waals surface area (Å²) >= 11 is 0. The van der Waals surface area contributed by atoms with Gasteiger partial charge in [-0.2, -0.15) is 0 Å². The predicted octanol–water partition coefficient (Wildman–Crippen LogP) is 1.44. The molecule has 2 nitrogen and oxygen atoms in total. The molecule has 1 rings (SSSR count). The summed E-state index contributed by atoms with van der Waals surface area (Å²) in [7, 11) is -1.20. The SMILES string of the molecule is C[SiH](C)N[C@@H]1CCCC[C@H]1N[SiH](C)C. The van der Waals surface area contributed by atoms with E-state index >= 15 is 0 Å². The Hall–Kier alpha value is 0.354. The Morgan fingerprint density at radius 1 is 0.786 bits per heavy atom. The van der Waals surface area contributed by atoms with Crippen LogP contribution in [0.3, 0.4) is 0 Å². The molecule has 2 N–H and O–H groups in total. The van der Waals surface area contributed by atoms with Crippen LogP contribution in [0.5, 0.6) is 0 Å². The Labute approximate surface area is 92.2 Å². The van der Waals surface area contributed by atoms with Gasteiger partial charge < -0.3 is 9.96 Å². The fourth-order valence-corrected chi connectivity index (χ4v) is 4.90. The van der Waals surface area contributed by atoms with Crippen molar-refractivity contribution >= 4 is 17.9 Å². The first-order valence-electron chi connectivity index (χ1n) is 6.11. The molecular formula is C10H26N2Si2. The van der Waals surface area contributed by atoms with Gasteiger partial charge in [0.1, 0.15) is 17.9 Å². The van der Waals surface area contributed by atoms with Crippen molar-refractivity contribution in [3.63, 3.8) is 0 Å². The molecule has 0 spiro atoms. The third-order valence-corrected chi connectivity index (χ3v) is 5.05. The lowest BCUT2D eigenvalue weighted by Gasteiger charge is -2.35. The summed E-state index contributed by atoms with van der Waals surface area (Å²) < 4.78 is 0. The zero-order valence-electron chi connectivity index (χ0n) is 10.1. The van der Waals surface area contributed by atoms with Crippen LogP contribution in [0, 0.1) is 0 Å². The average Bonchev–Trinajstić information content (AvgIpc) is 2.06. The highest BCUT2D eigenvalue weighted by Crippen LogP contribution is 2.19. The van der Waals surface area contributed by atoms with Gasteiger partial charge >= 0.3 is 0 Å². The molecule has 0 amide bonds. The third kappa shape index (κ3) is 4.25. The minimum absolute atomic E-state index is 0.602. The number of nitrogens with one attached hydrogen (secondary N) is 2. The lowest BCUT2D eigenvalue weighted by molar-refractivity contribution is 0.343. The van der Waals surface area contributed by atoms with Crippen LogP contribution in [-0.4, -0.2) is 30.0 Å². The van der Waals surface area contributed by atoms with Crippen molar-refractivity contribution in [2.75, 3.05) is 0 Å². The molecule has 1 saturated carbocycles. The predicted molar refractivity (Wildman–Crippen MR) is 70.1 cm³/mol. The molecule has 0 aromatic heterocycles.